The van der Waals surface area contributed by atoms with E-state index >= 15 is 0 Å². The van der Waals surface area contributed by atoms with E-state index in [-0.39, 0.29) is 0 Å². The molecule has 0 unspecified atom stereocenters. The lowest BCUT2D eigenvalue weighted by molar-refractivity contribution is 0.271. The Kier molecular flexibility index (Phi) is 4.10. The molecule has 0 radical (unpaired) electrons. The van der Waals surface area contributed by atoms with Crippen molar-refractivity contribution in [3.63, 3.8) is 0 Å². The van der Waals surface area contributed by atoms with Gasteiger partial charge in [-0.1, -0.05) is 11.2 Å². The summed E-state index contributed by atoms with van der Waals surface area (Å²) in [5, 5.41) is 7.39. The average Bonchev–Trinajstić information content (AvgIpc) is 3.24. The number of aryl methyl sites for hydroxylation is 1. The summed E-state index contributed by atoms with van der Waals surface area (Å²) in [4.78, 5) is 0. The van der Waals surface area contributed by atoms with Gasteiger partial charge in [-0.2, -0.15) is 0 Å². The molecule has 2 aromatic rings. The first-order valence-electron chi connectivity index (χ1n) is 7.20. The van der Waals surface area contributed by atoms with Gasteiger partial charge >= 0.3 is 0 Å². The van der Waals surface area contributed by atoms with E-state index in [4.69, 9.17) is 14.0 Å². The first kappa shape index (κ1) is 13.9. The Morgan fingerprint density at radius 1 is 1.29 bits per heavy atom. The second kappa shape index (κ2) is 6.18. The second-order valence-electron chi connectivity index (χ2n) is 5.36. The highest BCUT2D eigenvalue weighted by Crippen LogP contribution is 2.29. The minimum absolute atomic E-state index is 0.368. The Morgan fingerprint density at radius 3 is 2.81 bits per heavy atom. The molecular weight excluding hydrogens is 268 g/mol. The van der Waals surface area contributed by atoms with Gasteiger partial charge in [0, 0.05) is 18.7 Å². The molecule has 0 aliphatic heterocycles. The van der Waals surface area contributed by atoms with E-state index in [0.717, 1.165) is 23.7 Å². The molecule has 1 heterocycles. The van der Waals surface area contributed by atoms with Crippen molar-refractivity contribution >= 4 is 0 Å². The number of hydrogen-bond acceptors (Lipinski definition) is 5. The summed E-state index contributed by atoms with van der Waals surface area (Å²) in [6.07, 6.45) is 2.57. The molecular formula is C16H20N2O3. The summed E-state index contributed by atoms with van der Waals surface area (Å²) < 4.78 is 16.2. The summed E-state index contributed by atoms with van der Waals surface area (Å²) in [7, 11) is 1.65. The molecule has 0 spiro atoms. The number of rotatable bonds is 7. The van der Waals surface area contributed by atoms with Crippen LogP contribution in [0.3, 0.4) is 0 Å². The van der Waals surface area contributed by atoms with Crippen LogP contribution in [-0.4, -0.2) is 18.3 Å². The van der Waals surface area contributed by atoms with Gasteiger partial charge in [-0.25, -0.2) is 0 Å². The lowest BCUT2D eigenvalue weighted by Crippen LogP contribution is -2.15. The van der Waals surface area contributed by atoms with Crippen LogP contribution in [0.15, 0.2) is 28.8 Å². The van der Waals surface area contributed by atoms with E-state index in [1.54, 1.807) is 7.11 Å². The normalized spacial score (nSPS) is 14.2. The molecule has 1 aromatic heterocycles. The molecule has 5 heteroatoms. The van der Waals surface area contributed by atoms with Crippen molar-refractivity contribution < 1.29 is 14.0 Å². The Balaban J connectivity index is 1.63. The predicted octanol–water partition coefficient (Wildman–Crippen LogP) is 2.82. The predicted molar refractivity (Wildman–Crippen MR) is 78.4 cm³/mol. The first-order chi connectivity index (χ1) is 10.2. The standard InChI is InChI=1S/C16H20N2O3/c1-11-7-14(18-21-11)10-20-15-6-3-12(8-16(15)19-2)9-17-13-4-5-13/h3,6-8,13,17H,4-5,9-10H2,1-2H3. The highest BCUT2D eigenvalue weighted by molar-refractivity contribution is 5.43. The van der Waals surface area contributed by atoms with Crippen LogP contribution in [-0.2, 0) is 13.2 Å². The van der Waals surface area contributed by atoms with Crippen LogP contribution >= 0.6 is 0 Å². The third kappa shape index (κ3) is 3.76. The SMILES string of the molecule is COc1cc(CNC2CC2)ccc1OCc1cc(C)on1. The topological polar surface area (TPSA) is 56.5 Å². The van der Waals surface area contributed by atoms with E-state index in [1.807, 2.05) is 25.1 Å². The minimum atomic E-state index is 0.368. The number of ether oxygens (including phenoxy) is 2. The van der Waals surface area contributed by atoms with Crippen molar-refractivity contribution in [2.75, 3.05) is 7.11 Å². The first-order valence-corrected chi connectivity index (χ1v) is 7.20. The highest BCUT2D eigenvalue weighted by atomic mass is 16.5. The van der Waals surface area contributed by atoms with E-state index < -0.39 is 0 Å². The average molecular weight is 288 g/mol. The third-order valence-electron chi connectivity index (χ3n) is 3.45. The number of nitrogens with zero attached hydrogens (tertiary/aromatic N) is 1. The highest BCUT2D eigenvalue weighted by Gasteiger charge is 2.20. The smallest absolute Gasteiger partial charge is 0.161 e. The number of methoxy groups -OCH3 is 1. The number of hydrogen-bond donors (Lipinski definition) is 1. The van der Waals surface area contributed by atoms with Gasteiger partial charge in [0.15, 0.2) is 11.5 Å². The molecule has 1 N–H and O–H groups in total. The van der Waals surface area contributed by atoms with Gasteiger partial charge in [-0.15, -0.1) is 0 Å². The van der Waals surface area contributed by atoms with Gasteiger partial charge in [0.2, 0.25) is 0 Å². The molecule has 0 saturated heterocycles. The Bertz CT molecular complexity index is 605. The fourth-order valence-electron chi connectivity index (χ4n) is 2.13. The molecule has 1 aliphatic rings. The van der Waals surface area contributed by atoms with Gasteiger partial charge in [-0.3, -0.25) is 0 Å². The molecule has 1 saturated carbocycles. The summed E-state index contributed by atoms with van der Waals surface area (Å²) >= 11 is 0. The maximum Gasteiger partial charge on any atom is 0.161 e. The molecule has 1 aromatic carbocycles. The summed E-state index contributed by atoms with van der Waals surface area (Å²) in [6, 6.07) is 8.57. The van der Waals surface area contributed by atoms with Crippen molar-refractivity contribution in [2.45, 2.75) is 39.0 Å². The fourth-order valence-corrected chi connectivity index (χ4v) is 2.13. The zero-order valence-corrected chi connectivity index (χ0v) is 12.4. The molecule has 3 rings (SSSR count). The van der Waals surface area contributed by atoms with Crippen molar-refractivity contribution in [1.82, 2.24) is 10.5 Å². The van der Waals surface area contributed by atoms with Crippen LogP contribution in [0.2, 0.25) is 0 Å². The third-order valence-corrected chi connectivity index (χ3v) is 3.45. The van der Waals surface area contributed by atoms with E-state index in [9.17, 15) is 0 Å². The van der Waals surface area contributed by atoms with Crippen molar-refractivity contribution in [3.8, 4) is 11.5 Å². The quantitative estimate of drug-likeness (QED) is 0.849. The minimum Gasteiger partial charge on any atom is -0.493 e. The van der Waals surface area contributed by atoms with E-state index in [2.05, 4.69) is 16.5 Å². The van der Waals surface area contributed by atoms with Crippen LogP contribution in [0, 0.1) is 6.92 Å². The summed E-state index contributed by atoms with van der Waals surface area (Å²) in [5.74, 6) is 2.24. The molecule has 0 bridgehead atoms. The van der Waals surface area contributed by atoms with Crippen LogP contribution < -0.4 is 14.8 Å². The number of benzene rings is 1. The number of nitrogens with one attached hydrogen (secondary N) is 1. The van der Waals surface area contributed by atoms with Gasteiger partial charge in [0.1, 0.15) is 18.1 Å². The van der Waals surface area contributed by atoms with Gasteiger partial charge in [0.25, 0.3) is 0 Å². The zero-order valence-electron chi connectivity index (χ0n) is 12.4. The molecule has 0 amide bonds. The van der Waals surface area contributed by atoms with Gasteiger partial charge in [0.05, 0.1) is 7.11 Å². The second-order valence-corrected chi connectivity index (χ2v) is 5.36. The monoisotopic (exact) mass is 288 g/mol. The largest absolute Gasteiger partial charge is 0.493 e. The van der Waals surface area contributed by atoms with Crippen molar-refractivity contribution in [3.05, 3.63) is 41.3 Å². The molecule has 1 fully saturated rings. The Hall–Kier alpha value is -2.01. The lowest BCUT2D eigenvalue weighted by Gasteiger charge is -2.11. The van der Waals surface area contributed by atoms with Crippen LogP contribution in [0.25, 0.3) is 0 Å². The van der Waals surface area contributed by atoms with Crippen molar-refractivity contribution in [2.24, 2.45) is 0 Å². The fraction of sp³-hybridized carbons (Fsp3) is 0.438. The molecule has 112 valence electrons. The van der Waals surface area contributed by atoms with Gasteiger partial charge in [-0.05, 0) is 37.5 Å². The Labute approximate surface area is 124 Å². The maximum absolute atomic E-state index is 5.75. The summed E-state index contributed by atoms with van der Waals surface area (Å²) in [6.45, 7) is 3.09. The molecule has 1 aliphatic carbocycles. The molecule has 0 atom stereocenters. The van der Waals surface area contributed by atoms with E-state index in [0.29, 0.717) is 18.4 Å². The maximum atomic E-state index is 5.75. The summed E-state index contributed by atoms with van der Waals surface area (Å²) in [5.41, 5.74) is 1.97. The van der Waals surface area contributed by atoms with E-state index in [1.165, 1.54) is 18.4 Å². The van der Waals surface area contributed by atoms with Gasteiger partial charge < -0.3 is 19.3 Å². The zero-order chi connectivity index (χ0) is 14.7. The van der Waals surface area contributed by atoms with Crippen LogP contribution in [0.5, 0.6) is 11.5 Å². The van der Waals surface area contributed by atoms with Crippen LogP contribution in [0.4, 0.5) is 0 Å². The molecule has 5 nitrogen and oxygen atoms in total. The lowest BCUT2D eigenvalue weighted by atomic mass is 10.2. The number of aromatic nitrogens is 1. The van der Waals surface area contributed by atoms with Crippen LogP contribution in [0.1, 0.15) is 29.9 Å². The Morgan fingerprint density at radius 2 is 2.14 bits per heavy atom. The van der Waals surface area contributed by atoms with Crippen molar-refractivity contribution in [1.29, 1.82) is 0 Å². The molecule has 21 heavy (non-hydrogen) atoms.